The number of benzene rings is 1. The van der Waals surface area contributed by atoms with Crippen LogP contribution in [0.3, 0.4) is 0 Å². The average molecular weight is 232 g/mol. The average Bonchev–Trinajstić information content (AvgIpc) is 2.81. The zero-order valence-electron chi connectivity index (χ0n) is 9.54. The SMILES string of the molecule is COc1ccc(-n2cnnc2)cc1NC(C)=O. The minimum atomic E-state index is -0.149. The highest BCUT2D eigenvalue weighted by molar-refractivity contribution is 5.90. The van der Waals surface area contributed by atoms with Crippen LogP contribution >= 0.6 is 0 Å². The largest absolute Gasteiger partial charge is 0.495 e. The van der Waals surface area contributed by atoms with Gasteiger partial charge >= 0.3 is 0 Å². The van der Waals surface area contributed by atoms with Crippen LogP contribution in [0.2, 0.25) is 0 Å². The first-order valence-electron chi connectivity index (χ1n) is 5.01. The molecule has 17 heavy (non-hydrogen) atoms. The number of hydrogen-bond donors (Lipinski definition) is 1. The van der Waals surface area contributed by atoms with Crippen molar-refractivity contribution >= 4 is 11.6 Å². The molecule has 0 spiro atoms. The fraction of sp³-hybridized carbons (Fsp3) is 0.182. The highest BCUT2D eigenvalue weighted by atomic mass is 16.5. The van der Waals surface area contributed by atoms with Gasteiger partial charge in [-0.05, 0) is 18.2 Å². The van der Waals surface area contributed by atoms with Gasteiger partial charge in [-0.15, -0.1) is 10.2 Å². The fourth-order valence-electron chi connectivity index (χ4n) is 1.48. The minimum Gasteiger partial charge on any atom is -0.495 e. The molecule has 0 atom stereocenters. The second kappa shape index (κ2) is 4.65. The topological polar surface area (TPSA) is 69.0 Å². The Bertz CT molecular complexity index is 522. The monoisotopic (exact) mass is 232 g/mol. The lowest BCUT2D eigenvalue weighted by Crippen LogP contribution is -2.07. The molecule has 2 rings (SSSR count). The first-order valence-corrected chi connectivity index (χ1v) is 5.01. The van der Waals surface area contributed by atoms with Crippen molar-refractivity contribution in [1.29, 1.82) is 0 Å². The summed E-state index contributed by atoms with van der Waals surface area (Å²) in [5.74, 6) is 0.459. The van der Waals surface area contributed by atoms with Gasteiger partial charge in [-0.25, -0.2) is 0 Å². The summed E-state index contributed by atoms with van der Waals surface area (Å²) in [7, 11) is 1.55. The van der Waals surface area contributed by atoms with Crippen molar-refractivity contribution in [3.05, 3.63) is 30.9 Å². The smallest absolute Gasteiger partial charge is 0.221 e. The van der Waals surface area contributed by atoms with Crippen LogP contribution in [0.25, 0.3) is 5.69 Å². The summed E-state index contributed by atoms with van der Waals surface area (Å²) in [6.45, 7) is 1.45. The van der Waals surface area contributed by atoms with Crippen LogP contribution in [0.5, 0.6) is 5.75 Å². The number of aromatic nitrogens is 3. The molecule has 0 saturated carbocycles. The van der Waals surface area contributed by atoms with Gasteiger partial charge in [-0.3, -0.25) is 9.36 Å². The molecule has 0 bridgehead atoms. The fourth-order valence-corrected chi connectivity index (χ4v) is 1.48. The summed E-state index contributed by atoms with van der Waals surface area (Å²) in [5, 5.41) is 10.2. The summed E-state index contributed by atoms with van der Waals surface area (Å²) < 4.78 is 6.90. The van der Waals surface area contributed by atoms with Crippen molar-refractivity contribution in [3.8, 4) is 11.4 Å². The number of carbonyl (C=O) groups is 1. The molecule has 0 radical (unpaired) electrons. The third-order valence-corrected chi connectivity index (χ3v) is 2.21. The number of nitrogens with one attached hydrogen (secondary N) is 1. The van der Waals surface area contributed by atoms with Gasteiger partial charge in [0.25, 0.3) is 0 Å². The van der Waals surface area contributed by atoms with Crippen LogP contribution in [-0.2, 0) is 4.79 Å². The van der Waals surface area contributed by atoms with Crippen LogP contribution in [-0.4, -0.2) is 27.8 Å². The van der Waals surface area contributed by atoms with Gasteiger partial charge in [0.2, 0.25) is 5.91 Å². The Morgan fingerprint density at radius 2 is 2.06 bits per heavy atom. The van der Waals surface area contributed by atoms with E-state index in [1.165, 1.54) is 6.92 Å². The number of hydrogen-bond acceptors (Lipinski definition) is 4. The summed E-state index contributed by atoms with van der Waals surface area (Å²) in [6, 6.07) is 5.43. The molecule has 0 aliphatic rings. The van der Waals surface area contributed by atoms with Gasteiger partial charge in [0.1, 0.15) is 18.4 Å². The van der Waals surface area contributed by atoms with Crippen molar-refractivity contribution in [2.24, 2.45) is 0 Å². The van der Waals surface area contributed by atoms with E-state index in [4.69, 9.17) is 4.74 Å². The third-order valence-electron chi connectivity index (χ3n) is 2.21. The van der Waals surface area contributed by atoms with Crippen molar-refractivity contribution in [1.82, 2.24) is 14.8 Å². The lowest BCUT2D eigenvalue weighted by molar-refractivity contribution is -0.114. The number of ether oxygens (including phenoxy) is 1. The maximum Gasteiger partial charge on any atom is 0.221 e. The maximum atomic E-state index is 11.1. The van der Waals surface area contributed by atoms with Crippen LogP contribution in [0.4, 0.5) is 5.69 Å². The van der Waals surface area contributed by atoms with Crippen LogP contribution in [0.15, 0.2) is 30.9 Å². The van der Waals surface area contributed by atoms with Gasteiger partial charge in [0, 0.05) is 6.92 Å². The van der Waals surface area contributed by atoms with Crippen molar-refractivity contribution < 1.29 is 9.53 Å². The zero-order chi connectivity index (χ0) is 12.3. The molecule has 0 saturated heterocycles. The highest BCUT2D eigenvalue weighted by Gasteiger charge is 2.06. The Labute approximate surface area is 98.2 Å². The summed E-state index contributed by atoms with van der Waals surface area (Å²) in [6.07, 6.45) is 3.17. The number of carbonyl (C=O) groups excluding carboxylic acids is 1. The van der Waals surface area contributed by atoms with Crippen LogP contribution < -0.4 is 10.1 Å². The van der Waals surface area contributed by atoms with Crippen LogP contribution in [0.1, 0.15) is 6.92 Å². The predicted molar refractivity (Wildman–Crippen MR) is 62.2 cm³/mol. The Kier molecular flexibility index (Phi) is 3.04. The van der Waals surface area contributed by atoms with Crippen molar-refractivity contribution in [2.45, 2.75) is 6.92 Å². The Balaban J connectivity index is 2.41. The normalized spacial score (nSPS) is 10.0. The van der Waals surface area contributed by atoms with Gasteiger partial charge in [0.05, 0.1) is 18.5 Å². The number of anilines is 1. The molecule has 1 heterocycles. The molecule has 0 fully saturated rings. The first kappa shape index (κ1) is 11.1. The Hall–Kier alpha value is -2.37. The van der Waals surface area contributed by atoms with E-state index in [0.717, 1.165) is 5.69 Å². The van der Waals surface area contributed by atoms with E-state index in [9.17, 15) is 4.79 Å². The van der Waals surface area contributed by atoms with E-state index < -0.39 is 0 Å². The molecule has 6 heteroatoms. The Morgan fingerprint density at radius 3 is 2.65 bits per heavy atom. The molecular formula is C11H12N4O2. The van der Waals surface area contributed by atoms with E-state index >= 15 is 0 Å². The van der Waals surface area contributed by atoms with E-state index in [-0.39, 0.29) is 5.91 Å². The maximum absolute atomic E-state index is 11.1. The second-order valence-electron chi connectivity index (χ2n) is 3.43. The molecule has 1 aromatic carbocycles. The summed E-state index contributed by atoms with van der Waals surface area (Å²) >= 11 is 0. The molecule has 88 valence electrons. The molecule has 2 aromatic rings. The third kappa shape index (κ3) is 2.41. The van der Waals surface area contributed by atoms with E-state index in [1.54, 1.807) is 36.5 Å². The Morgan fingerprint density at radius 1 is 1.35 bits per heavy atom. The molecule has 0 aliphatic heterocycles. The highest BCUT2D eigenvalue weighted by Crippen LogP contribution is 2.26. The van der Waals surface area contributed by atoms with Crippen molar-refractivity contribution in [2.75, 3.05) is 12.4 Å². The second-order valence-corrected chi connectivity index (χ2v) is 3.43. The van der Waals surface area contributed by atoms with E-state index in [1.807, 2.05) is 6.07 Å². The van der Waals surface area contributed by atoms with Gasteiger partial charge in [0.15, 0.2) is 0 Å². The van der Waals surface area contributed by atoms with E-state index in [0.29, 0.717) is 11.4 Å². The lowest BCUT2D eigenvalue weighted by atomic mass is 10.2. The van der Waals surface area contributed by atoms with E-state index in [2.05, 4.69) is 15.5 Å². The van der Waals surface area contributed by atoms with Gasteiger partial charge < -0.3 is 10.1 Å². The van der Waals surface area contributed by atoms with Gasteiger partial charge in [-0.1, -0.05) is 0 Å². The number of nitrogens with zero attached hydrogens (tertiary/aromatic N) is 3. The number of amides is 1. The molecule has 6 nitrogen and oxygen atoms in total. The minimum absolute atomic E-state index is 0.149. The van der Waals surface area contributed by atoms with Crippen molar-refractivity contribution in [3.63, 3.8) is 0 Å². The standard InChI is InChI=1S/C11H12N4O2/c1-8(16)14-10-5-9(3-4-11(10)17-2)15-6-12-13-7-15/h3-7H,1-2H3,(H,14,16). The molecule has 0 unspecified atom stereocenters. The number of methoxy groups -OCH3 is 1. The predicted octanol–water partition coefficient (Wildman–Crippen LogP) is 1.23. The molecule has 1 aromatic heterocycles. The van der Waals surface area contributed by atoms with Gasteiger partial charge in [-0.2, -0.15) is 0 Å². The van der Waals surface area contributed by atoms with Crippen LogP contribution in [0, 0.1) is 0 Å². The zero-order valence-corrected chi connectivity index (χ0v) is 9.54. The quantitative estimate of drug-likeness (QED) is 0.864. The number of rotatable bonds is 3. The molecule has 1 amide bonds. The molecule has 0 aliphatic carbocycles. The first-order chi connectivity index (χ1) is 8.20. The molecule has 1 N–H and O–H groups in total. The summed E-state index contributed by atoms with van der Waals surface area (Å²) in [5.41, 5.74) is 1.46. The lowest BCUT2D eigenvalue weighted by Gasteiger charge is -2.10. The summed E-state index contributed by atoms with van der Waals surface area (Å²) in [4.78, 5) is 11.1. The molecular weight excluding hydrogens is 220 g/mol.